The summed E-state index contributed by atoms with van der Waals surface area (Å²) < 4.78 is 0. The Balaban J connectivity index is 2.20. The Hall–Kier alpha value is -0.0400. The Bertz CT molecular complexity index is 226. The molecule has 1 fully saturated rings. The summed E-state index contributed by atoms with van der Waals surface area (Å²) in [5, 5.41) is 0. The number of rotatable bonds is 12. The molecule has 1 unspecified atom stereocenters. The van der Waals surface area contributed by atoms with Gasteiger partial charge in [-0.25, -0.2) is 0 Å². The number of unbranched alkanes of at least 4 members (excludes halogenated alkanes) is 7. The van der Waals surface area contributed by atoms with E-state index in [-0.39, 0.29) is 0 Å². The molecule has 120 valence electrons. The van der Waals surface area contributed by atoms with Crippen LogP contribution < -0.4 is 0 Å². The number of hydrogen-bond donors (Lipinski definition) is 0. The van der Waals surface area contributed by atoms with Crippen LogP contribution in [0.15, 0.2) is 0 Å². The van der Waals surface area contributed by atoms with Crippen LogP contribution in [-0.2, 0) is 0 Å². The van der Waals surface area contributed by atoms with Gasteiger partial charge in [-0.3, -0.25) is 4.90 Å². The van der Waals surface area contributed by atoms with Crippen molar-refractivity contribution in [3.05, 3.63) is 0 Å². The lowest BCUT2D eigenvalue weighted by atomic mass is 9.81. The second-order valence-electron chi connectivity index (χ2n) is 7.78. The SMILES string of the molecule is CCCCCCCC(CCCCCC)N1CC(C)(C)C1. The summed E-state index contributed by atoms with van der Waals surface area (Å²) in [5.41, 5.74) is 0.587. The molecule has 0 N–H and O–H groups in total. The molecule has 1 atom stereocenters. The summed E-state index contributed by atoms with van der Waals surface area (Å²) in [7, 11) is 0. The van der Waals surface area contributed by atoms with Crippen LogP contribution in [0.25, 0.3) is 0 Å². The Kier molecular flexibility index (Phi) is 8.84. The molecule has 1 saturated heterocycles. The topological polar surface area (TPSA) is 3.24 Å². The van der Waals surface area contributed by atoms with Gasteiger partial charge in [0.1, 0.15) is 0 Å². The molecule has 0 aromatic rings. The molecular weight excluding hydrogens is 242 g/mol. The van der Waals surface area contributed by atoms with Crippen molar-refractivity contribution in [3.63, 3.8) is 0 Å². The first-order valence-electron chi connectivity index (χ1n) is 9.33. The normalized spacial score (nSPS) is 19.8. The fourth-order valence-electron chi connectivity index (χ4n) is 3.61. The minimum absolute atomic E-state index is 0.587. The molecule has 1 nitrogen and oxygen atoms in total. The molecule has 1 heteroatoms. The quantitative estimate of drug-likeness (QED) is 0.395. The zero-order valence-electron chi connectivity index (χ0n) is 14.7. The highest BCUT2D eigenvalue weighted by Gasteiger charge is 2.37. The van der Waals surface area contributed by atoms with E-state index in [1.165, 1.54) is 83.7 Å². The average Bonchev–Trinajstić information content (AvgIpc) is 2.38. The van der Waals surface area contributed by atoms with Gasteiger partial charge in [-0.05, 0) is 18.3 Å². The molecule has 0 aliphatic carbocycles. The van der Waals surface area contributed by atoms with Crippen LogP contribution in [0.1, 0.15) is 98.3 Å². The van der Waals surface area contributed by atoms with Gasteiger partial charge >= 0.3 is 0 Å². The van der Waals surface area contributed by atoms with Gasteiger partial charge < -0.3 is 0 Å². The predicted molar refractivity (Wildman–Crippen MR) is 91.3 cm³/mol. The summed E-state index contributed by atoms with van der Waals surface area (Å²) in [6, 6.07) is 0.890. The Morgan fingerprint density at radius 2 is 1.20 bits per heavy atom. The van der Waals surface area contributed by atoms with Crippen LogP contribution in [0.5, 0.6) is 0 Å². The third-order valence-corrected chi connectivity index (χ3v) is 4.81. The van der Waals surface area contributed by atoms with Crippen molar-refractivity contribution in [1.29, 1.82) is 0 Å². The summed E-state index contributed by atoms with van der Waals surface area (Å²) in [4.78, 5) is 2.77. The van der Waals surface area contributed by atoms with E-state index in [2.05, 4.69) is 32.6 Å². The van der Waals surface area contributed by atoms with Crippen molar-refractivity contribution in [2.24, 2.45) is 5.41 Å². The van der Waals surface area contributed by atoms with Gasteiger partial charge in [0.05, 0.1) is 0 Å². The number of hydrogen-bond acceptors (Lipinski definition) is 1. The van der Waals surface area contributed by atoms with Crippen LogP contribution in [0, 0.1) is 5.41 Å². The van der Waals surface area contributed by atoms with Gasteiger partial charge in [-0.1, -0.05) is 85.5 Å². The van der Waals surface area contributed by atoms with Gasteiger partial charge in [0.2, 0.25) is 0 Å². The summed E-state index contributed by atoms with van der Waals surface area (Å²) >= 11 is 0. The zero-order chi connectivity index (χ0) is 14.8. The van der Waals surface area contributed by atoms with Crippen molar-refractivity contribution in [3.8, 4) is 0 Å². The average molecular weight is 282 g/mol. The lowest BCUT2D eigenvalue weighted by Crippen LogP contribution is -2.57. The highest BCUT2D eigenvalue weighted by molar-refractivity contribution is 4.91. The standard InChI is InChI=1S/C19H39N/c1-5-7-9-11-13-15-18(14-12-10-8-6-2)20-16-19(3,4)17-20/h18H,5-17H2,1-4H3. The van der Waals surface area contributed by atoms with Crippen LogP contribution in [-0.4, -0.2) is 24.0 Å². The third kappa shape index (κ3) is 7.11. The van der Waals surface area contributed by atoms with Crippen molar-refractivity contribution < 1.29 is 0 Å². The highest BCUT2D eigenvalue weighted by atomic mass is 15.2. The van der Waals surface area contributed by atoms with Crippen molar-refractivity contribution in [2.45, 2.75) is 104 Å². The third-order valence-electron chi connectivity index (χ3n) is 4.81. The molecule has 0 bridgehead atoms. The van der Waals surface area contributed by atoms with E-state index in [0.717, 1.165) is 6.04 Å². The van der Waals surface area contributed by atoms with Crippen LogP contribution in [0.4, 0.5) is 0 Å². The molecule has 0 amide bonds. The van der Waals surface area contributed by atoms with Crippen LogP contribution in [0.2, 0.25) is 0 Å². The molecule has 1 aliphatic heterocycles. The van der Waals surface area contributed by atoms with E-state index in [1.54, 1.807) is 0 Å². The van der Waals surface area contributed by atoms with Crippen molar-refractivity contribution in [2.75, 3.05) is 13.1 Å². The first-order valence-corrected chi connectivity index (χ1v) is 9.33. The van der Waals surface area contributed by atoms with Gasteiger partial charge in [0.15, 0.2) is 0 Å². The van der Waals surface area contributed by atoms with E-state index in [0.29, 0.717) is 5.41 Å². The molecular formula is C19H39N. The minimum atomic E-state index is 0.587. The molecule has 0 aromatic carbocycles. The van der Waals surface area contributed by atoms with E-state index >= 15 is 0 Å². The second kappa shape index (κ2) is 9.82. The monoisotopic (exact) mass is 281 g/mol. The largest absolute Gasteiger partial charge is 0.299 e. The van der Waals surface area contributed by atoms with Gasteiger partial charge in [-0.15, -0.1) is 0 Å². The minimum Gasteiger partial charge on any atom is -0.299 e. The molecule has 1 rings (SSSR count). The van der Waals surface area contributed by atoms with Crippen molar-refractivity contribution >= 4 is 0 Å². The molecule has 1 aliphatic rings. The molecule has 20 heavy (non-hydrogen) atoms. The Labute approximate surface area is 128 Å². The smallest absolute Gasteiger partial charge is 0.00957 e. The molecule has 1 heterocycles. The maximum atomic E-state index is 2.77. The summed E-state index contributed by atoms with van der Waals surface area (Å²) in [5.74, 6) is 0. The first-order chi connectivity index (χ1) is 9.59. The fourth-order valence-corrected chi connectivity index (χ4v) is 3.61. The van der Waals surface area contributed by atoms with Crippen LogP contribution >= 0.6 is 0 Å². The maximum Gasteiger partial charge on any atom is 0.00957 e. The van der Waals surface area contributed by atoms with Gasteiger partial charge in [-0.2, -0.15) is 0 Å². The molecule has 0 radical (unpaired) electrons. The Morgan fingerprint density at radius 3 is 1.65 bits per heavy atom. The van der Waals surface area contributed by atoms with Crippen molar-refractivity contribution in [1.82, 2.24) is 4.90 Å². The summed E-state index contributed by atoms with van der Waals surface area (Å²) in [6.07, 6.45) is 15.7. The number of likely N-dealkylation sites (tertiary alicyclic amines) is 1. The number of nitrogens with zero attached hydrogens (tertiary/aromatic N) is 1. The summed E-state index contributed by atoms with van der Waals surface area (Å²) in [6.45, 7) is 12.1. The first kappa shape index (κ1) is 18.0. The fraction of sp³-hybridized carbons (Fsp3) is 1.00. The highest BCUT2D eigenvalue weighted by Crippen LogP contribution is 2.33. The molecule has 0 spiro atoms. The van der Waals surface area contributed by atoms with E-state index in [9.17, 15) is 0 Å². The second-order valence-corrected chi connectivity index (χ2v) is 7.78. The van der Waals surface area contributed by atoms with E-state index < -0.39 is 0 Å². The van der Waals surface area contributed by atoms with E-state index in [4.69, 9.17) is 0 Å². The van der Waals surface area contributed by atoms with Gasteiger partial charge in [0.25, 0.3) is 0 Å². The maximum absolute atomic E-state index is 2.77. The lowest BCUT2D eigenvalue weighted by Gasteiger charge is -2.50. The molecule has 0 saturated carbocycles. The van der Waals surface area contributed by atoms with Gasteiger partial charge in [0, 0.05) is 19.1 Å². The molecule has 0 aromatic heterocycles. The van der Waals surface area contributed by atoms with Crippen LogP contribution in [0.3, 0.4) is 0 Å². The Morgan fingerprint density at radius 1 is 0.750 bits per heavy atom. The lowest BCUT2D eigenvalue weighted by molar-refractivity contribution is -0.0130. The predicted octanol–water partition coefficient (Wildman–Crippen LogP) is 6.03. The zero-order valence-corrected chi connectivity index (χ0v) is 14.7. The van der Waals surface area contributed by atoms with E-state index in [1.807, 2.05) is 0 Å².